The first-order chi connectivity index (χ1) is 13.2. The van der Waals surface area contributed by atoms with Crippen molar-refractivity contribution in [1.82, 2.24) is 4.98 Å². The van der Waals surface area contributed by atoms with E-state index in [1.807, 2.05) is 54.6 Å². The van der Waals surface area contributed by atoms with Gasteiger partial charge in [0.05, 0.1) is 21.9 Å². The van der Waals surface area contributed by atoms with Crippen molar-refractivity contribution in [3.05, 3.63) is 83.5 Å². The minimum absolute atomic E-state index is 0.176. The maximum Gasteiger partial charge on any atom is 0.265 e. The number of para-hydroxylation sites is 2. The van der Waals surface area contributed by atoms with Gasteiger partial charge in [-0.1, -0.05) is 18.2 Å². The van der Waals surface area contributed by atoms with Gasteiger partial charge in [-0.2, -0.15) is 0 Å². The first kappa shape index (κ1) is 17.1. The third-order valence-electron chi connectivity index (χ3n) is 4.03. The van der Waals surface area contributed by atoms with E-state index in [1.165, 1.54) is 11.3 Å². The fraction of sp³-hybridized carbons (Fsp3) is 0.0476. The van der Waals surface area contributed by atoms with Crippen LogP contribution in [0.15, 0.2) is 72.9 Å². The molecular weight excluding hydrogens is 358 g/mol. The molecule has 0 radical (unpaired) electrons. The summed E-state index contributed by atoms with van der Waals surface area (Å²) in [5, 5.41) is 3.82. The number of ether oxygens (including phenoxy) is 1. The number of pyridine rings is 1. The number of rotatable bonds is 5. The molecule has 0 saturated carbocycles. The Morgan fingerprint density at radius 1 is 1.07 bits per heavy atom. The number of nitrogens with one attached hydrogen (secondary N) is 1. The second kappa shape index (κ2) is 7.47. The molecule has 6 heteroatoms. The van der Waals surface area contributed by atoms with Crippen molar-refractivity contribution in [2.45, 2.75) is 6.61 Å². The molecule has 2 heterocycles. The van der Waals surface area contributed by atoms with Gasteiger partial charge < -0.3 is 15.8 Å². The van der Waals surface area contributed by atoms with Crippen LogP contribution in [0.3, 0.4) is 0 Å². The number of carbonyl (C=O) groups is 1. The smallest absolute Gasteiger partial charge is 0.265 e. The summed E-state index contributed by atoms with van der Waals surface area (Å²) >= 11 is 1.43. The Hall–Kier alpha value is -3.38. The number of aromatic nitrogens is 1. The maximum absolute atomic E-state index is 12.5. The van der Waals surface area contributed by atoms with Crippen LogP contribution in [0.2, 0.25) is 0 Å². The molecule has 0 atom stereocenters. The molecule has 0 aliphatic carbocycles. The molecule has 0 saturated heterocycles. The second-order valence-corrected chi connectivity index (χ2v) is 7.05. The van der Waals surface area contributed by atoms with Crippen molar-refractivity contribution in [2.75, 3.05) is 11.1 Å². The molecule has 4 aromatic rings. The van der Waals surface area contributed by atoms with Crippen LogP contribution in [0.1, 0.15) is 15.4 Å². The van der Waals surface area contributed by atoms with Crippen molar-refractivity contribution < 1.29 is 9.53 Å². The highest BCUT2D eigenvalue weighted by molar-refractivity contribution is 7.20. The first-order valence-electron chi connectivity index (χ1n) is 8.41. The number of nitrogens with two attached hydrogens (primary N) is 1. The second-order valence-electron chi connectivity index (χ2n) is 5.96. The lowest BCUT2D eigenvalue weighted by Gasteiger charge is -2.05. The normalized spacial score (nSPS) is 10.7. The third kappa shape index (κ3) is 3.91. The summed E-state index contributed by atoms with van der Waals surface area (Å²) in [7, 11) is 0. The van der Waals surface area contributed by atoms with Crippen molar-refractivity contribution in [2.24, 2.45) is 0 Å². The first-order valence-corrected chi connectivity index (χ1v) is 9.23. The molecule has 0 unspecified atom stereocenters. The van der Waals surface area contributed by atoms with E-state index in [0.29, 0.717) is 22.9 Å². The van der Waals surface area contributed by atoms with Gasteiger partial charge in [-0.05, 0) is 53.9 Å². The molecule has 4 rings (SSSR count). The number of amides is 1. The monoisotopic (exact) mass is 375 g/mol. The van der Waals surface area contributed by atoms with Crippen molar-refractivity contribution in [3.8, 4) is 5.75 Å². The molecular formula is C21H17N3O2S. The highest BCUT2D eigenvalue weighted by Crippen LogP contribution is 2.30. The summed E-state index contributed by atoms with van der Waals surface area (Å²) < 4.78 is 6.83. The Morgan fingerprint density at radius 2 is 1.93 bits per heavy atom. The highest BCUT2D eigenvalue weighted by atomic mass is 32.1. The maximum atomic E-state index is 12.5. The molecule has 0 fully saturated rings. The molecule has 2 aromatic carbocycles. The quantitative estimate of drug-likeness (QED) is 0.495. The summed E-state index contributed by atoms with van der Waals surface area (Å²) in [6.45, 7) is 0.400. The van der Waals surface area contributed by atoms with Crippen molar-refractivity contribution in [1.29, 1.82) is 0 Å². The molecule has 27 heavy (non-hydrogen) atoms. The fourth-order valence-corrected chi connectivity index (χ4v) is 3.60. The standard InChI is InChI=1S/C21H17N3O2S/c22-17-6-1-2-7-18(17)24-21(25)20-12-14-11-16(8-9-19(14)27-20)26-13-15-5-3-4-10-23-15/h1-12H,13,22H2,(H,24,25). The number of hydrogen-bond donors (Lipinski definition) is 2. The van der Waals surface area contributed by atoms with Gasteiger partial charge in [0.2, 0.25) is 0 Å². The lowest BCUT2D eigenvalue weighted by Crippen LogP contribution is -2.11. The van der Waals surface area contributed by atoms with Crippen LogP contribution in [0.25, 0.3) is 10.1 Å². The summed E-state index contributed by atoms with van der Waals surface area (Å²) in [5.41, 5.74) is 7.90. The lowest BCUT2D eigenvalue weighted by molar-refractivity contribution is 0.103. The minimum Gasteiger partial charge on any atom is -0.487 e. The SMILES string of the molecule is Nc1ccccc1NC(=O)c1cc2cc(OCc3ccccn3)ccc2s1. The molecule has 0 aliphatic heterocycles. The number of fused-ring (bicyclic) bond motifs is 1. The largest absolute Gasteiger partial charge is 0.487 e. The number of hydrogen-bond acceptors (Lipinski definition) is 5. The van der Waals surface area contributed by atoms with E-state index < -0.39 is 0 Å². The van der Waals surface area contributed by atoms with E-state index in [-0.39, 0.29) is 5.91 Å². The van der Waals surface area contributed by atoms with E-state index in [2.05, 4.69) is 10.3 Å². The Kier molecular flexibility index (Phi) is 4.72. The summed E-state index contributed by atoms with van der Waals surface area (Å²) in [6.07, 6.45) is 1.74. The molecule has 0 aliphatic rings. The van der Waals surface area contributed by atoms with Crippen LogP contribution < -0.4 is 15.8 Å². The van der Waals surface area contributed by atoms with Gasteiger partial charge in [-0.15, -0.1) is 11.3 Å². The summed E-state index contributed by atoms with van der Waals surface area (Å²) in [5.74, 6) is 0.565. The average molecular weight is 375 g/mol. The van der Waals surface area contributed by atoms with Gasteiger partial charge in [-0.3, -0.25) is 9.78 Å². The van der Waals surface area contributed by atoms with Gasteiger partial charge in [-0.25, -0.2) is 0 Å². The van der Waals surface area contributed by atoms with Gasteiger partial charge in [0.25, 0.3) is 5.91 Å². The number of benzene rings is 2. The molecule has 134 valence electrons. The number of nitrogens with zero attached hydrogens (tertiary/aromatic N) is 1. The van der Waals surface area contributed by atoms with E-state index >= 15 is 0 Å². The lowest BCUT2D eigenvalue weighted by atomic mass is 10.2. The highest BCUT2D eigenvalue weighted by Gasteiger charge is 2.12. The van der Waals surface area contributed by atoms with Crippen LogP contribution in [0, 0.1) is 0 Å². The fourth-order valence-electron chi connectivity index (χ4n) is 2.66. The van der Waals surface area contributed by atoms with Crippen molar-refractivity contribution in [3.63, 3.8) is 0 Å². The Morgan fingerprint density at radius 3 is 2.74 bits per heavy atom. The average Bonchev–Trinajstić information content (AvgIpc) is 3.12. The number of carbonyl (C=O) groups excluding carboxylic acids is 1. The van der Waals surface area contributed by atoms with E-state index in [0.717, 1.165) is 21.5 Å². The molecule has 3 N–H and O–H groups in total. The number of nitrogen functional groups attached to an aromatic ring is 1. The van der Waals surface area contributed by atoms with Crippen LogP contribution in [0.4, 0.5) is 11.4 Å². The zero-order valence-corrected chi connectivity index (χ0v) is 15.2. The van der Waals surface area contributed by atoms with E-state index in [4.69, 9.17) is 10.5 Å². The third-order valence-corrected chi connectivity index (χ3v) is 5.15. The summed E-state index contributed by atoms with van der Waals surface area (Å²) in [6, 6.07) is 20.6. The number of anilines is 2. The Balaban J connectivity index is 1.50. The van der Waals surface area contributed by atoms with Crippen LogP contribution in [0.5, 0.6) is 5.75 Å². The Bertz CT molecular complexity index is 1090. The van der Waals surface area contributed by atoms with Crippen LogP contribution in [-0.4, -0.2) is 10.9 Å². The van der Waals surface area contributed by atoms with E-state index in [9.17, 15) is 4.79 Å². The zero-order chi connectivity index (χ0) is 18.6. The predicted octanol–water partition coefficient (Wildman–Crippen LogP) is 4.71. The van der Waals surface area contributed by atoms with Crippen molar-refractivity contribution >= 4 is 38.7 Å². The molecule has 0 bridgehead atoms. The molecule has 2 aromatic heterocycles. The molecule has 5 nitrogen and oxygen atoms in total. The van der Waals surface area contributed by atoms with Gasteiger partial charge in [0, 0.05) is 10.9 Å². The zero-order valence-electron chi connectivity index (χ0n) is 14.4. The van der Waals surface area contributed by atoms with Crippen LogP contribution >= 0.6 is 11.3 Å². The topological polar surface area (TPSA) is 77.2 Å². The summed E-state index contributed by atoms with van der Waals surface area (Å²) in [4.78, 5) is 17.4. The van der Waals surface area contributed by atoms with Crippen LogP contribution in [-0.2, 0) is 6.61 Å². The van der Waals surface area contributed by atoms with Gasteiger partial charge in [0.1, 0.15) is 12.4 Å². The molecule has 0 spiro atoms. The molecule has 1 amide bonds. The number of thiophene rings is 1. The minimum atomic E-state index is -0.176. The predicted molar refractivity (Wildman–Crippen MR) is 109 cm³/mol. The van der Waals surface area contributed by atoms with Gasteiger partial charge >= 0.3 is 0 Å². The van der Waals surface area contributed by atoms with E-state index in [1.54, 1.807) is 18.3 Å². The Labute approximate surface area is 160 Å². The van der Waals surface area contributed by atoms with Gasteiger partial charge in [0.15, 0.2) is 0 Å².